The molecule has 1 atom stereocenters. The molecular formula is C19H17N3OS4. The maximum absolute atomic E-state index is 12.4. The number of nitrogens with one attached hydrogen (secondary N) is 2. The van der Waals surface area contributed by atoms with E-state index in [4.69, 9.17) is 4.98 Å². The van der Waals surface area contributed by atoms with Crippen LogP contribution in [0, 0.1) is 0 Å². The lowest BCUT2D eigenvalue weighted by Gasteiger charge is -2.09. The molecule has 2 N–H and O–H groups in total. The monoisotopic (exact) mass is 431 g/mol. The van der Waals surface area contributed by atoms with Crippen LogP contribution in [-0.2, 0) is 11.3 Å². The summed E-state index contributed by atoms with van der Waals surface area (Å²) in [5, 5.41) is 9.65. The van der Waals surface area contributed by atoms with E-state index >= 15 is 0 Å². The highest BCUT2D eigenvalue weighted by Crippen LogP contribution is 2.37. The van der Waals surface area contributed by atoms with E-state index in [-0.39, 0.29) is 11.2 Å². The first-order valence-electron chi connectivity index (χ1n) is 8.35. The molecule has 27 heavy (non-hydrogen) atoms. The third-order valence-corrected chi connectivity index (χ3v) is 7.50. The number of aromatic amines is 1. The van der Waals surface area contributed by atoms with E-state index in [2.05, 4.69) is 33.2 Å². The number of imidazole rings is 1. The minimum absolute atomic E-state index is 0.0140. The summed E-state index contributed by atoms with van der Waals surface area (Å²) < 4.78 is 0. The molecule has 0 saturated heterocycles. The number of thioether (sulfide) groups is 1. The number of hydrogen-bond acceptors (Lipinski definition) is 6. The number of hydrogen-bond donors (Lipinski definition) is 2. The number of thiophene rings is 3. The molecule has 0 saturated carbocycles. The van der Waals surface area contributed by atoms with Crippen LogP contribution >= 0.6 is 45.8 Å². The highest BCUT2D eigenvalue weighted by molar-refractivity contribution is 8.00. The van der Waals surface area contributed by atoms with Gasteiger partial charge in [-0.05, 0) is 41.3 Å². The molecule has 8 heteroatoms. The molecule has 0 aliphatic heterocycles. The van der Waals surface area contributed by atoms with Crippen LogP contribution in [0.1, 0.15) is 11.8 Å². The van der Waals surface area contributed by atoms with Crippen molar-refractivity contribution in [2.45, 2.75) is 23.9 Å². The molecule has 138 valence electrons. The van der Waals surface area contributed by atoms with Gasteiger partial charge in [-0.15, -0.1) is 34.0 Å². The Kier molecular flexibility index (Phi) is 5.77. The molecule has 0 spiro atoms. The summed E-state index contributed by atoms with van der Waals surface area (Å²) >= 11 is 6.44. The Morgan fingerprint density at radius 1 is 1.11 bits per heavy atom. The van der Waals surface area contributed by atoms with Crippen molar-refractivity contribution in [1.82, 2.24) is 15.3 Å². The van der Waals surface area contributed by atoms with Crippen LogP contribution in [0.5, 0.6) is 0 Å². The van der Waals surface area contributed by atoms with Gasteiger partial charge in [-0.25, -0.2) is 4.98 Å². The zero-order valence-electron chi connectivity index (χ0n) is 14.5. The molecule has 0 radical (unpaired) electrons. The lowest BCUT2D eigenvalue weighted by Crippen LogP contribution is -2.30. The Morgan fingerprint density at radius 3 is 2.48 bits per heavy atom. The van der Waals surface area contributed by atoms with E-state index in [9.17, 15) is 4.79 Å². The van der Waals surface area contributed by atoms with E-state index in [1.165, 1.54) is 11.8 Å². The topological polar surface area (TPSA) is 57.8 Å². The van der Waals surface area contributed by atoms with E-state index in [1.54, 1.807) is 34.0 Å². The van der Waals surface area contributed by atoms with E-state index < -0.39 is 0 Å². The van der Waals surface area contributed by atoms with Crippen LogP contribution in [0.25, 0.3) is 21.1 Å². The lowest BCUT2D eigenvalue weighted by molar-refractivity contribution is -0.120. The number of rotatable bonds is 7. The molecule has 1 unspecified atom stereocenters. The first kappa shape index (κ1) is 18.5. The SMILES string of the molecule is CC(Sc1nc(-c2cccs2)c(-c2cccs2)[nH]1)C(=O)NCc1cccs1. The molecule has 0 aromatic carbocycles. The summed E-state index contributed by atoms with van der Waals surface area (Å²) in [6.07, 6.45) is 0. The first-order valence-corrected chi connectivity index (χ1v) is 11.9. The van der Waals surface area contributed by atoms with Gasteiger partial charge in [-0.3, -0.25) is 4.79 Å². The molecule has 4 heterocycles. The van der Waals surface area contributed by atoms with Gasteiger partial charge in [-0.1, -0.05) is 30.0 Å². The van der Waals surface area contributed by atoms with Crippen molar-refractivity contribution in [3.05, 3.63) is 57.4 Å². The van der Waals surface area contributed by atoms with Crippen molar-refractivity contribution in [3.8, 4) is 21.1 Å². The maximum Gasteiger partial charge on any atom is 0.233 e. The molecule has 0 aliphatic carbocycles. The normalized spacial score (nSPS) is 12.2. The molecule has 4 aromatic rings. The maximum atomic E-state index is 12.4. The highest BCUT2D eigenvalue weighted by Gasteiger charge is 2.20. The van der Waals surface area contributed by atoms with Crippen LogP contribution in [0.15, 0.2) is 57.7 Å². The van der Waals surface area contributed by atoms with Crippen molar-refractivity contribution in [1.29, 1.82) is 0 Å². The predicted octanol–water partition coefficient (Wildman–Crippen LogP) is 5.73. The van der Waals surface area contributed by atoms with Crippen LogP contribution in [0.2, 0.25) is 0 Å². The molecule has 4 aromatic heterocycles. The Labute approximate surface area is 173 Å². The van der Waals surface area contributed by atoms with Crippen molar-refractivity contribution in [2.24, 2.45) is 0 Å². The van der Waals surface area contributed by atoms with Gasteiger partial charge in [-0.2, -0.15) is 0 Å². The molecule has 0 aliphatic rings. The minimum atomic E-state index is -0.233. The number of carbonyl (C=O) groups excluding carboxylic acids is 1. The van der Waals surface area contributed by atoms with E-state index in [0.29, 0.717) is 6.54 Å². The summed E-state index contributed by atoms with van der Waals surface area (Å²) in [4.78, 5) is 24.1. The van der Waals surface area contributed by atoms with Crippen LogP contribution < -0.4 is 5.32 Å². The Balaban J connectivity index is 1.50. The summed E-state index contributed by atoms with van der Waals surface area (Å²) in [5.41, 5.74) is 1.96. The molecule has 0 fully saturated rings. The third-order valence-electron chi connectivity index (χ3n) is 3.88. The van der Waals surface area contributed by atoms with Crippen LogP contribution in [-0.4, -0.2) is 21.1 Å². The van der Waals surface area contributed by atoms with Crippen molar-refractivity contribution in [3.63, 3.8) is 0 Å². The zero-order valence-corrected chi connectivity index (χ0v) is 17.7. The van der Waals surface area contributed by atoms with Gasteiger partial charge < -0.3 is 10.3 Å². The van der Waals surface area contributed by atoms with E-state index in [1.807, 2.05) is 36.6 Å². The molecule has 4 nitrogen and oxygen atoms in total. The smallest absolute Gasteiger partial charge is 0.233 e. The second-order valence-corrected chi connectivity index (χ2v) is 10.0. The average molecular weight is 432 g/mol. The van der Waals surface area contributed by atoms with Crippen molar-refractivity contribution in [2.75, 3.05) is 0 Å². The Bertz CT molecular complexity index is 937. The summed E-state index contributed by atoms with van der Waals surface area (Å²) in [6.45, 7) is 2.48. The molecular weight excluding hydrogens is 414 g/mol. The fraction of sp³-hybridized carbons (Fsp3) is 0.158. The second kappa shape index (κ2) is 8.43. The van der Waals surface area contributed by atoms with Gasteiger partial charge in [0.05, 0.1) is 27.2 Å². The fourth-order valence-corrected chi connectivity index (χ4v) is 5.47. The van der Waals surface area contributed by atoms with Gasteiger partial charge in [0.25, 0.3) is 0 Å². The van der Waals surface area contributed by atoms with Crippen molar-refractivity contribution >= 4 is 51.7 Å². The number of nitrogens with zero attached hydrogens (tertiary/aromatic N) is 1. The molecule has 0 bridgehead atoms. The summed E-state index contributed by atoms with van der Waals surface area (Å²) in [5.74, 6) is 0.0140. The fourth-order valence-electron chi connectivity index (χ4n) is 2.55. The predicted molar refractivity (Wildman–Crippen MR) is 117 cm³/mol. The standard InChI is InChI=1S/C19H17N3OS4/c1-12(18(23)20-11-13-5-2-8-24-13)27-19-21-16(14-6-3-9-25-14)17(22-19)15-7-4-10-26-15/h2-10,12H,11H2,1H3,(H,20,23)(H,21,22). The van der Waals surface area contributed by atoms with Gasteiger partial charge in [0.15, 0.2) is 5.16 Å². The largest absolute Gasteiger partial charge is 0.350 e. The minimum Gasteiger partial charge on any atom is -0.350 e. The Hall–Kier alpha value is -1.87. The number of amides is 1. The number of aromatic nitrogens is 2. The second-order valence-electron chi connectivity index (χ2n) is 5.78. The summed E-state index contributed by atoms with van der Waals surface area (Å²) in [6, 6.07) is 12.2. The van der Waals surface area contributed by atoms with E-state index in [0.717, 1.165) is 31.2 Å². The average Bonchev–Trinajstić information content (AvgIpc) is 3.47. The van der Waals surface area contributed by atoms with Gasteiger partial charge >= 0.3 is 0 Å². The number of carbonyl (C=O) groups is 1. The van der Waals surface area contributed by atoms with Gasteiger partial charge in [0.2, 0.25) is 5.91 Å². The summed E-state index contributed by atoms with van der Waals surface area (Å²) in [7, 11) is 0. The number of H-pyrrole nitrogens is 1. The highest BCUT2D eigenvalue weighted by atomic mass is 32.2. The third kappa shape index (κ3) is 4.35. The molecule has 1 amide bonds. The van der Waals surface area contributed by atoms with Crippen LogP contribution in [0.3, 0.4) is 0 Å². The quantitative estimate of drug-likeness (QED) is 0.368. The van der Waals surface area contributed by atoms with Gasteiger partial charge in [0, 0.05) is 4.88 Å². The van der Waals surface area contributed by atoms with Crippen LogP contribution in [0.4, 0.5) is 0 Å². The lowest BCUT2D eigenvalue weighted by atomic mass is 10.2. The zero-order chi connectivity index (χ0) is 18.6. The Morgan fingerprint density at radius 2 is 1.81 bits per heavy atom. The van der Waals surface area contributed by atoms with Crippen molar-refractivity contribution < 1.29 is 4.79 Å². The first-order chi connectivity index (χ1) is 13.2. The molecule has 4 rings (SSSR count). The van der Waals surface area contributed by atoms with Gasteiger partial charge in [0.1, 0.15) is 5.69 Å².